The molecule has 0 saturated carbocycles. The van der Waals surface area contributed by atoms with E-state index in [4.69, 9.17) is 10.1 Å². The number of hydrogen-bond donors (Lipinski definition) is 2. The topological polar surface area (TPSA) is 75.6 Å². The first-order valence-electron chi connectivity index (χ1n) is 10.3. The lowest BCUT2D eigenvalue weighted by molar-refractivity contribution is 0.0911. The number of aryl methyl sites for hydroxylation is 2. The van der Waals surface area contributed by atoms with Gasteiger partial charge in [-0.2, -0.15) is 0 Å². The Kier molecular flexibility index (Phi) is 4.07. The molecule has 0 spiro atoms. The molecule has 2 aromatic heterocycles. The monoisotopic (exact) mass is 399 g/mol. The average Bonchev–Trinajstić information content (AvgIpc) is 3.25. The number of rotatable bonds is 3. The van der Waals surface area contributed by atoms with Gasteiger partial charge in [0.2, 0.25) is 5.95 Å². The van der Waals surface area contributed by atoms with Crippen molar-refractivity contribution >= 4 is 28.3 Å². The Morgan fingerprint density at radius 1 is 1.07 bits per heavy atom. The van der Waals surface area contributed by atoms with E-state index in [1.54, 1.807) is 4.68 Å². The third-order valence-electron chi connectivity index (χ3n) is 5.89. The second-order valence-electron chi connectivity index (χ2n) is 9.02. The van der Waals surface area contributed by atoms with E-state index >= 15 is 0 Å². The average molecular weight is 399 g/mol. The number of aromatic nitrogens is 4. The maximum Gasteiger partial charge on any atom is 0.229 e. The number of ketones is 1. The predicted molar refractivity (Wildman–Crippen MR) is 119 cm³/mol. The highest BCUT2D eigenvalue weighted by Gasteiger charge is 2.37. The number of aromatic amines is 1. The van der Waals surface area contributed by atoms with Crippen LogP contribution in [-0.2, 0) is 6.42 Å². The summed E-state index contributed by atoms with van der Waals surface area (Å²) < 4.78 is 1.80. The molecule has 0 amide bonds. The SMILES string of the molecule is Cc1ccc(Nc2nn(-c3nc4ccccc4[nH]3)c3c2C(=O)CC(C)(C)C3)cc1C. The Labute approximate surface area is 175 Å². The van der Waals surface area contributed by atoms with Crippen molar-refractivity contribution in [1.29, 1.82) is 0 Å². The minimum Gasteiger partial charge on any atom is -0.338 e. The van der Waals surface area contributed by atoms with Gasteiger partial charge in [-0.25, -0.2) is 9.67 Å². The fourth-order valence-electron chi connectivity index (χ4n) is 4.21. The van der Waals surface area contributed by atoms with Crippen molar-refractivity contribution < 1.29 is 4.79 Å². The second-order valence-corrected chi connectivity index (χ2v) is 9.02. The van der Waals surface area contributed by atoms with Gasteiger partial charge in [-0.05, 0) is 61.1 Å². The molecule has 0 saturated heterocycles. The highest BCUT2D eigenvalue weighted by molar-refractivity contribution is 6.03. The Bertz CT molecular complexity index is 1260. The molecule has 1 aliphatic carbocycles. The molecule has 5 rings (SSSR count). The number of nitrogens with one attached hydrogen (secondary N) is 2. The van der Waals surface area contributed by atoms with Crippen LogP contribution in [0.2, 0.25) is 0 Å². The molecule has 0 fully saturated rings. The predicted octanol–water partition coefficient (Wildman–Crippen LogP) is 5.26. The van der Waals surface area contributed by atoms with Crippen molar-refractivity contribution in [3.8, 4) is 5.95 Å². The number of hydrogen-bond acceptors (Lipinski definition) is 4. The number of para-hydroxylation sites is 2. The van der Waals surface area contributed by atoms with Gasteiger partial charge in [0.05, 0.1) is 22.3 Å². The van der Waals surface area contributed by atoms with Crippen LogP contribution < -0.4 is 5.32 Å². The van der Waals surface area contributed by atoms with Crippen molar-refractivity contribution in [3.05, 3.63) is 64.8 Å². The number of carbonyl (C=O) groups excluding carboxylic acids is 1. The molecule has 4 aromatic rings. The van der Waals surface area contributed by atoms with Crippen molar-refractivity contribution in [1.82, 2.24) is 19.7 Å². The first-order chi connectivity index (χ1) is 14.3. The molecule has 1 aliphatic rings. The molecule has 30 heavy (non-hydrogen) atoms. The standard InChI is InChI=1S/C24H25N5O/c1-14-9-10-16(11-15(14)2)25-22-21-19(12-24(3,4)13-20(21)30)29(28-22)23-26-17-7-5-6-8-18(17)27-23/h5-11H,12-13H2,1-4H3,(H,25,28)(H,26,27). The largest absolute Gasteiger partial charge is 0.338 e. The van der Waals surface area contributed by atoms with Gasteiger partial charge in [-0.3, -0.25) is 4.79 Å². The van der Waals surface area contributed by atoms with Crippen LogP contribution in [0.4, 0.5) is 11.5 Å². The van der Waals surface area contributed by atoms with Crippen molar-refractivity contribution in [2.24, 2.45) is 5.41 Å². The summed E-state index contributed by atoms with van der Waals surface area (Å²) in [6.07, 6.45) is 1.26. The summed E-state index contributed by atoms with van der Waals surface area (Å²) >= 11 is 0. The second kappa shape index (κ2) is 6.55. The summed E-state index contributed by atoms with van der Waals surface area (Å²) in [5.74, 6) is 1.34. The molecule has 2 aromatic carbocycles. The molecule has 0 unspecified atom stereocenters. The fourth-order valence-corrected chi connectivity index (χ4v) is 4.21. The molecule has 6 heteroatoms. The van der Waals surface area contributed by atoms with Crippen molar-refractivity contribution in [3.63, 3.8) is 0 Å². The summed E-state index contributed by atoms with van der Waals surface area (Å²) in [5, 5.41) is 8.20. The zero-order chi connectivity index (χ0) is 21.0. The van der Waals surface area contributed by atoms with Crippen LogP contribution in [0.15, 0.2) is 42.5 Å². The summed E-state index contributed by atoms with van der Waals surface area (Å²) in [6, 6.07) is 14.1. The normalized spacial score (nSPS) is 15.4. The van der Waals surface area contributed by atoms with Crippen molar-refractivity contribution in [2.45, 2.75) is 40.5 Å². The van der Waals surface area contributed by atoms with Gasteiger partial charge in [-0.15, -0.1) is 5.10 Å². The van der Waals surface area contributed by atoms with Crippen LogP contribution in [0.1, 0.15) is 47.4 Å². The Balaban J connectivity index is 1.66. The van der Waals surface area contributed by atoms with Gasteiger partial charge in [0.15, 0.2) is 11.6 Å². The summed E-state index contributed by atoms with van der Waals surface area (Å²) in [7, 11) is 0. The summed E-state index contributed by atoms with van der Waals surface area (Å²) in [5.41, 5.74) is 6.63. The minimum absolute atomic E-state index is 0.119. The Hall–Kier alpha value is -3.41. The van der Waals surface area contributed by atoms with Crippen molar-refractivity contribution in [2.75, 3.05) is 5.32 Å². The van der Waals surface area contributed by atoms with E-state index in [2.05, 4.69) is 50.1 Å². The van der Waals surface area contributed by atoms with E-state index in [0.717, 1.165) is 28.8 Å². The quantitative estimate of drug-likeness (QED) is 0.492. The molecule has 0 atom stereocenters. The third kappa shape index (κ3) is 3.09. The molecule has 2 heterocycles. The van der Waals surface area contributed by atoms with Gasteiger partial charge in [0.25, 0.3) is 0 Å². The maximum absolute atomic E-state index is 13.1. The highest BCUT2D eigenvalue weighted by Crippen LogP contribution is 2.39. The van der Waals surface area contributed by atoms with E-state index in [9.17, 15) is 4.79 Å². The third-order valence-corrected chi connectivity index (χ3v) is 5.89. The van der Waals surface area contributed by atoms with Crippen LogP contribution in [0.3, 0.4) is 0 Å². The molecular weight excluding hydrogens is 374 g/mol. The van der Waals surface area contributed by atoms with Gasteiger partial charge in [0.1, 0.15) is 0 Å². The lowest BCUT2D eigenvalue weighted by atomic mass is 9.76. The van der Waals surface area contributed by atoms with Gasteiger partial charge >= 0.3 is 0 Å². The number of nitrogens with zero attached hydrogens (tertiary/aromatic N) is 3. The van der Waals surface area contributed by atoms with Gasteiger partial charge in [-0.1, -0.05) is 32.0 Å². The molecule has 0 aliphatic heterocycles. The van der Waals surface area contributed by atoms with Crippen LogP contribution in [0.25, 0.3) is 17.0 Å². The number of fused-ring (bicyclic) bond motifs is 2. The number of H-pyrrole nitrogens is 1. The summed E-state index contributed by atoms with van der Waals surface area (Å²) in [6.45, 7) is 8.42. The van der Waals surface area contributed by atoms with E-state index in [-0.39, 0.29) is 11.2 Å². The molecule has 152 valence electrons. The fraction of sp³-hybridized carbons (Fsp3) is 0.292. The lowest BCUT2D eigenvalue weighted by Gasteiger charge is -2.28. The van der Waals surface area contributed by atoms with Gasteiger partial charge < -0.3 is 10.3 Å². The number of imidazole rings is 1. The van der Waals surface area contributed by atoms with Crippen LogP contribution in [0, 0.1) is 19.3 Å². The van der Waals surface area contributed by atoms with Crippen LogP contribution in [-0.4, -0.2) is 25.5 Å². The summed E-state index contributed by atoms with van der Waals surface area (Å²) in [4.78, 5) is 21.2. The molecular formula is C24H25N5O. The lowest BCUT2D eigenvalue weighted by Crippen LogP contribution is -2.28. The first-order valence-corrected chi connectivity index (χ1v) is 10.3. The molecule has 6 nitrogen and oxygen atoms in total. The van der Waals surface area contributed by atoms with E-state index in [0.29, 0.717) is 23.8 Å². The Morgan fingerprint density at radius 2 is 1.87 bits per heavy atom. The molecule has 2 N–H and O–H groups in total. The zero-order valence-corrected chi connectivity index (χ0v) is 17.7. The number of anilines is 2. The zero-order valence-electron chi connectivity index (χ0n) is 17.7. The number of Topliss-reactive ketones (excluding diaryl/α,β-unsaturated/α-hetero) is 1. The molecule has 0 bridgehead atoms. The minimum atomic E-state index is -0.119. The van der Waals surface area contributed by atoms with Gasteiger partial charge in [0, 0.05) is 12.1 Å². The van der Waals surface area contributed by atoms with E-state index in [1.165, 1.54) is 11.1 Å². The number of benzene rings is 2. The number of carbonyl (C=O) groups is 1. The first kappa shape index (κ1) is 18.6. The van der Waals surface area contributed by atoms with Crippen LogP contribution in [0.5, 0.6) is 0 Å². The maximum atomic E-state index is 13.1. The smallest absolute Gasteiger partial charge is 0.229 e. The highest BCUT2D eigenvalue weighted by atomic mass is 16.1. The molecule has 0 radical (unpaired) electrons. The van der Waals surface area contributed by atoms with E-state index < -0.39 is 0 Å². The van der Waals surface area contributed by atoms with E-state index in [1.807, 2.05) is 30.3 Å². The Morgan fingerprint density at radius 3 is 2.63 bits per heavy atom. The van der Waals surface area contributed by atoms with Crippen LogP contribution >= 0.6 is 0 Å².